The van der Waals surface area contributed by atoms with E-state index in [1.807, 2.05) is 39.0 Å². The Bertz CT molecular complexity index is 1160. The lowest BCUT2D eigenvalue weighted by atomic mass is 9.93. The van der Waals surface area contributed by atoms with E-state index < -0.39 is 5.54 Å². The fourth-order valence-corrected chi connectivity index (χ4v) is 4.00. The number of nitrogens with zero attached hydrogens (tertiary/aromatic N) is 3. The minimum Gasteiger partial charge on any atom is -0.347 e. The Kier molecular flexibility index (Phi) is 5.03. The highest BCUT2D eigenvalue weighted by atomic mass is 35.5. The summed E-state index contributed by atoms with van der Waals surface area (Å²) in [6, 6.07) is 10.8. The van der Waals surface area contributed by atoms with Crippen LogP contribution in [-0.4, -0.2) is 21.8 Å². The largest absolute Gasteiger partial charge is 0.347 e. The molecule has 1 aliphatic heterocycles. The highest BCUT2D eigenvalue weighted by Crippen LogP contribution is 2.42. The summed E-state index contributed by atoms with van der Waals surface area (Å²) in [5.41, 5.74) is 3.59. The molecule has 7 heteroatoms. The zero-order valence-corrected chi connectivity index (χ0v) is 17.7. The number of benzene rings is 1. The summed E-state index contributed by atoms with van der Waals surface area (Å²) in [6.07, 6.45) is 4.92. The minimum atomic E-state index is -0.577. The van der Waals surface area contributed by atoms with E-state index in [0.717, 1.165) is 16.7 Å². The number of pyridine rings is 2. The summed E-state index contributed by atoms with van der Waals surface area (Å²) in [7, 11) is 0. The van der Waals surface area contributed by atoms with E-state index in [0.29, 0.717) is 22.0 Å². The molecule has 6 nitrogen and oxygen atoms in total. The molecule has 2 aromatic heterocycles. The van der Waals surface area contributed by atoms with Crippen LogP contribution >= 0.6 is 11.6 Å². The van der Waals surface area contributed by atoms with Crippen LogP contribution in [0.3, 0.4) is 0 Å². The van der Waals surface area contributed by atoms with E-state index in [-0.39, 0.29) is 18.4 Å². The van der Waals surface area contributed by atoms with Crippen molar-refractivity contribution in [3.63, 3.8) is 0 Å². The van der Waals surface area contributed by atoms with E-state index in [1.54, 1.807) is 41.7 Å². The summed E-state index contributed by atoms with van der Waals surface area (Å²) < 4.78 is 0. The Labute approximate surface area is 179 Å². The van der Waals surface area contributed by atoms with E-state index in [1.165, 1.54) is 0 Å². The van der Waals surface area contributed by atoms with Crippen LogP contribution < -0.4 is 10.2 Å². The second-order valence-corrected chi connectivity index (χ2v) is 8.23. The third-order valence-corrected chi connectivity index (χ3v) is 5.58. The third-order valence-electron chi connectivity index (χ3n) is 5.35. The van der Waals surface area contributed by atoms with Crippen LogP contribution in [0.1, 0.15) is 51.4 Å². The van der Waals surface area contributed by atoms with Gasteiger partial charge in [-0.15, -0.1) is 0 Å². The molecule has 0 saturated heterocycles. The van der Waals surface area contributed by atoms with Crippen LogP contribution in [0.15, 0.2) is 55.0 Å². The Hall–Kier alpha value is -3.25. The van der Waals surface area contributed by atoms with Crippen molar-refractivity contribution in [3.05, 3.63) is 88.0 Å². The molecule has 3 heterocycles. The molecular formula is C23H21ClN4O2. The van der Waals surface area contributed by atoms with Gasteiger partial charge in [-0.05, 0) is 67.8 Å². The first kappa shape index (κ1) is 20.0. The van der Waals surface area contributed by atoms with Crippen molar-refractivity contribution < 1.29 is 9.59 Å². The summed E-state index contributed by atoms with van der Waals surface area (Å²) in [6.45, 7) is 6.07. The Balaban J connectivity index is 1.58. The smallest absolute Gasteiger partial charge is 0.270 e. The zero-order valence-electron chi connectivity index (χ0n) is 16.9. The van der Waals surface area contributed by atoms with E-state index in [4.69, 9.17) is 11.6 Å². The second-order valence-electron chi connectivity index (χ2n) is 7.79. The van der Waals surface area contributed by atoms with Gasteiger partial charge in [0, 0.05) is 29.5 Å². The molecule has 3 aromatic rings. The van der Waals surface area contributed by atoms with Crippen molar-refractivity contribution in [2.45, 2.75) is 32.9 Å². The summed E-state index contributed by atoms with van der Waals surface area (Å²) in [5.74, 6) is -0.350. The molecule has 0 fully saturated rings. The number of fused-ring (bicyclic) bond motifs is 1. The summed E-state index contributed by atoms with van der Waals surface area (Å²) >= 11 is 6.16. The fraction of sp³-hybridized carbons (Fsp3) is 0.217. The molecule has 0 aliphatic carbocycles. The lowest BCUT2D eigenvalue weighted by Gasteiger charge is -2.32. The second kappa shape index (κ2) is 7.54. The lowest BCUT2D eigenvalue weighted by molar-refractivity contribution is 0.0943. The van der Waals surface area contributed by atoms with Gasteiger partial charge in [0.2, 0.25) is 0 Å². The predicted molar refractivity (Wildman–Crippen MR) is 116 cm³/mol. The topological polar surface area (TPSA) is 75.2 Å². The van der Waals surface area contributed by atoms with Crippen LogP contribution in [0.2, 0.25) is 5.02 Å². The number of aryl methyl sites for hydroxylation is 1. The number of halogens is 1. The Morgan fingerprint density at radius 1 is 1.20 bits per heavy atom. The van der Waals surface area contributed by atoms with Crippen LogP contribution in [-0.2, 0) is 12.1 Å². The number of carbonyl (C=O) groups excluding carboxylic acids is 2. The predicted octanol–water partition coefficient (Wildman–Crippen LogP) is 4.26. The van der Waals surface area contributed by atoms with Gasteiger partial charge in [-0.25, -0.2) is 0 Å². The van der Waals surface area contributed by atoms with Crippen molar-refractivity contribution in [3.8, 4) is 0 Å². The molecule has 0 atom stereocenters. The van der Waals surface area contributed by atoms with Gasteiger partial charge in [-0.2, -0.15) is 0 Å². The van der Waals surface area contributed by atoms with Gasteiger partial charge >= 0.3 is 0 Å². The molecule has 0 radical (unpaired) electrons. The molecule has 0 saturated carbocycles. The Morgan fingerprint density at radius 3 is 2.77 bits per heavy atom. The molecule has 30 heavy (non-hydrogen) atoms. The quantitative estimate of drug-likeness (QED) is 0.684. The molecule has 4 rings (SSSR count). The van der Waals surface area contributed by atoms with Gasteiger partial charge < -0.3 is 5.32 Å². The van der Waals surface area contributed by atoms with Crippen molar-refractivity contribution in [1.82, 2.24) is 15.3 Å². The Morgan fingerprint density at radius 2 is 2.00 bits per heavy atom. The molecule has 1 aliphatic rings. The van der Waals surface area contributed by atoms with E-state index in [9.17, 15) is 9.59 Å². The number of hydrogen-bond donors (Lipinski definition) is 1. The molecule has 1 aromatic carbocycles. The monoisotopic (exact) mass is 420 g/mol. The normalized spacial score (nSPS) is 14.5. The summed E-state index contributed by atoms with van der Waals surface area (Å²) in [5, 5.41) is 3.46. The first-order valence-electron chi connectivity index (χ1n) is 9.57. The third kappa shape index (κ3) is 3.44. The number of anilines is 1. The number of nitrogens with one attached hydrogen (secondary N) is 1. The van der Waals surface area contributed by atoms with Gasteiger partial charge in [0.15, 0.2) is 0 Å². The number of amides is 2. The lowest BCUT2D eigenvalue weighted by Crippen LogP contribution is -2.39. The van der Waals surface area contributed by atoms with Crippen LogP contribution in [0.5, 0.6) is 0 Å². The van der Waals surface area contributed by atoms with Gasteiger partial charge in [-0.1, -0.05) is 17.7 Å². The average molecular weight is 421 g/mol. The van der Waals surface area contributed by atoms with E-state index in [2.05, 4.69) is 15.3 Å². The first-order valence-corrected chi connectivity index (χ1v) is 9.95. The molecule has 1 N–H and O–H groups in total. The number of hydrogen-bond acceptors (Lipinski definition) is 4. The first-order chi connectivity index (χ1) is 14.3. The van der Waals surface area contributed by atoms with Crippen molar-refractivity contribution in [2.24, 2.45) is 0 Å². The molecular weight excluding hydrogens is 400 g/mol. The zero-order chi connectivity index (χ0) is 21.5. The molecule has 152 valence electrons. The molecule has 0 spiro atoms. The average Bonchev–Trinajstić information content (AvgIpc) is 2.91. The molecule has 0 unspecified atom stereocenters. The van der Waals surface area contributed by atoms with Gasteiger partial charge in [0.25, 0.3) is 11.8 Å². The fourth-order valence-electron chi connectivity index (χ4n) is 3.83. The number of carbonyl (C=O) groups is 2. The van der Waals surface area contributed by atoms with Crippen LogP contribution in [0, 0.1) is 6.92 Å². The number of rotatable bonds is 4. The van der Waals surface area contributed by atoms with Crippen molar-refractivity contribution in [2.75, 3.05) is 4.90 Å². The molecule has 0 bridgehead atoms. The highest BCUT2D eigenvalue weighted by Gasteiger charge is 2.44. The van der Waals surface area contributed by atoms with Crippen molar-refractivity contribution >= 4 is 29.1 Å². The standard InChI is InChI=1S/C23H21ClN4O2/c1-14-5-4-8-26-20(14)21(29)27-12-15-9-17(13-25-11-15)28-22(30)18-7-6-16(24)10-19(18)23(28,2)3/h4-11,13H,12H2,1-3H3,(H,27,29). The van der Waals surface area contributed by atoms with Gasteiger partial charge in [-0.3, -0.25) is 24.5 Å². The van der Waals surface area contributed by atoms with Gasteiger partial charge in [0.05, 0.1) is 17.4 Å². The van der Waals surface area contributed by atoms with Gasteiger partial charge in [0.1, 0.15) is 5.69 Å². The maximum atomic E-state index is 13.1. The van der Waals surface area contributed by atoms with Crippen LogP contribution in [0.25, 0.3) is 0 Å². The maximum absolute atomic E-state index is 13.1. The van der Waals surface area contributed by atoms with Crippen LogP contribution in [0.4, 0.5) is 5.69 Å². The maximum Gasteiger partial charge on any atom is 0.270 e. The number of aromatic nitrogens is 2. The summed E-state index contributed by atoms with van der Waals surface area (Å²) in [4.78, 5) is 35.7. The minimum absolute atomic E-state index is 0.0984. The molecule has 2 amide bonds. The SMILES string of the molecule is Cc1cccnc1C(=O)NCc1cncc(N2C(=O)c3ccc(Cl)cc3C2(C)C)c1. The van der Waals surface area contributed by atoms with Crippen molar-refractivity contribution in [1.29, 1.82) is 0 Å². The van der Waals surface area contributed by atoms with E-state index >= 15 is 0 Å². The highest BCUT2D eigenvalue weighted by molar-refractivity contribution is 6.31.